The van der Waals surface area contributed by atoms with E-state index in [1.165, 1.54) is 0 Å². The predicted octanol–water partition coefficient (Wildman–Crippen LogP) is 4.42. The summed E-state index contributed by atoms with van der Waals surface area (Å²) in [5.41, 5.74) is 0.555. The lowest BCUT2D eigenvalue weighted by atomic mass is 9.77. The van der Waals surface area contributed by atoms with Crippen LogP contribution in [0, 0.1) is 0 Å². The number of amides is 1. The lowest BCUT2D eigenvalue weighted by Gasteiger charge is -2.29. The fourth-order valence-corrected chi connectivity index (χ4v) is 4.08. The number of carbonyl (C=O) groups is 1. The predicted molar refractivity (Wildman–Crippen MR) is 105 cm³/mol. The molecule has 0 radical (unpaired) electrons. The van der Waals surface area contributed by atoms with Gasteiger partial charge in [-0.1, -0.05) is 30.1 Å². The normalized spacial score (nSPS) is 19.6. The van der Waals surface area contributed by atoms with Crippen molar-refractivity contribution in [2.45, 2.75) is 82.8 Å². The van der Waals surface area contributed by atoms with Crippen molar-refractivity contribution in [3.8, 4) is 5.75 Å². The van der Waals surface area contributed by atoms with E-state index in [9.17, 15) is 4.79 Å². The molecule has 1 N–H and O–H groups in total. The Balaban J connectivity index is 1.50. The maximum absolute atomic E-state index is 13.3. The minimum Gasteiger partial charge on any atom is -0.491 e. The van der Waals surface area contributed by atoms with Gasteiger partial charge < -0.3 is 14.6 Å². The third-order valence-corrected chi connectivity index (χ3v) is 5.79. The lowest BCUT2D eigenvalue weighted by molar-refractivity contribution is -0.127. The van der Waals surface area contributed by atoms with E-state index >= 15 is 0 Å². The van der Waals surface area contributed by atoms with Crippen LogP contribution in [-0.4, -0.2) is 22.2 Å². The smallest absolute Gasteiger partial charge is 0.248 e. The first kappa shape index (κ1) is 19.0. The molecule has 2 aliphatic rings. The summed E-state index contributed by atoms with van der Waals surface area (Å²) < 4.78 is 11.1. The topological polar surface area (TPSA) is 77.2 Å². The van der Waals surface area contributed by atoms with Gasteiger partial charge in [-0.2, -0.15) is 4.98 Å². The molecule has 0 bridgehead atoms. The monoisotopic (exact) mass is 383 g/mol. The average molecular weight is 383 g/mol. The van der Waals surface area contributed by atoms with Gasteiger partial charge in [0.25, 0.3) is 0 Å². The molecule has 4 rings (SSSR count). The fourth-order valence-electron chi connectivity index (χ4n) is 4.08. The van der Waals surface area contributed by atoms with Crippen molar-refractivity contribution in [1.29, 1.82) is 0 Å². The average Bonchev–Trinajstić information content (AvgIpc) is 3.19. The molecular weight excluding hydrogens is 354 g/mol. The van der Waals surface area contributed by atoms with Crippen LogP contribution in [0.2, 0.25) is 0 Å². The highest BCUT2D eigenvalue weighted by Gasteiger charge is 2.43. The van der Waals surface area contributed by atoms with E-state index in [1.807, 2.05) is 45.0 Å². The minimum absolute atomic E-state index is 0.0428. The maximum atomic E-state index is 13.3. The van der Waals surface area contributed by atoms with E-state index in [4.69, 9.17) is 9.26 Å². The molecule has 0 aliphatic heterocycles. The van der Waals surface area contributed by atoms with Crippen molar-refractivity contribution in [2.24, 2.45) is 0 Å². The van der Waals surface area contributed by atoms with Crippen LogP contribution in [0.1, 0.15) is 88.5 Å². The second kappa shape index (κ2) is 7.57. The maximum Gasteiger partial charge on any atom is 0.248 e. The van der Waals surface area contributed by atoms with E-state index in [1.54, 1.807) is 0 Å². The Morgan fingerprint density at radius 1 is 1.18 bits per heavy atom. The Morgan fingerprint density at radius 2 is 1.86 bits per heavy atom. The summed E-state index contributed by atoms with van der Waals surface area (Å²) in [6.45, 7) is 5.92. The van der Waals surface area contributed by atoms with Crippen LogP contribution >= 0.6 is 0 Å². The van der Waals surface area contributed by atoms with E-state index in [2.05, 4.69) is 15.5 Å². The number of nitrogens with zero attached hydrogens (tertiary/aromatic N) is 2. The number of nitrogens with one attached hydrogen (secondary N) is 1. The van der Waals surface area contributed by atoms with Crippen LogP contribution in [0.15, 0.2) is 28.8 Å². The van der Waals surface area contributed by atoms with Gasteiger partial charge in [0.05, 0.1) is 11.5 Å². The first-order valence-electron chi connectivity index (χ1n) is 10.4. The summed E-state index contributed by atoms with van der Waals surface area (Å²) in [6, 6.07) is 7.70. The quantitative estimate of drug-likeness (QED) is 0.766. The molecule has 0 unspecified atom stereocenters. The van der Waals surface area contributed by atoms with Gasteiger partial charge in [-0.15, -0.1) is 0 Å². The molecule has 6 nitrogen and oxygen atoms in total. The molecule has 1 aromatic carbocycles. The molecule has 6 heteroatoms. The van der Waals surface area contributed by atoms with Crippen LogP contribution in [0.3, 0.4) is 0 Å². The lowest BCUT2D eigenvalue weighted by Crippen LogP contribution is -2.43. The molecule has 1 heterocycles. The molecule has 0 spiro atoms. The van der Waals surface area contributed by atoms with E-state index < -0.39 is 5.41 Å². The van der Waals surface area contributed by atoms with Gasteiger partial charge in [0.2, 0.25) is 11.8 Å². The van der Waals surface area contributed by atoms with Crippen molar-refractivity contribution < 1.29 is 14.1 Å². The molecule has 1 amide bonds. The summed E-state index contributed by atoms with van der Waals surface area (Å²) in [5.74, 6) is 2.57. The Morgan fingerprint density at radius 3 is 2.46 bits per heavy atom. The molecule has 2 saturated carbocycles. The Kier molecular flexibility index (Phi) is 5.13. The first-order chi connectivity index (χ1) is 13.5. The summed E-state index contributed by atoms with van der Waals surface area (Å²) in [5, 5.41) is 7.19. The summed E-state index contributed by atoms with van der Waals surface area (Å²) in [6.07, 6.45) is 6.20. The van der Waals surface area contributed by atoms with Crippen molar-refractivity contribution in [1.82, 2.24) is 15.5 Å². The fraction of sp³-hybridized carbons (Fsp3) is 0.591. The highest BCUT2D eigenvalue weighted by atomic mass is 16.5. The molecule has 2 aliphatic carbocycles. The highest BCUT2D eigenvalue weighted by molar-refractivity contribution is 5.88. The second-order valence-electron chi connectivity index (χ2n) is 8.44. The summed E-state index contributed by atoms with van der Waals surface area (Å²) in [4.78, 5) is 17.8. The molecule has 150 valence electrons. The van der Waals surface area contributed by atoms with Crippen LogP contribution in [-0.2, 0) is 10.2 Å². The molecule has 1 aromatic heterocycles. The zero-order valence-corrected chi connectivity index (χ0v) is 16.9. The Labute approximate surface area is 166 Å². The third-order valence-electron chi connectivity index (χ3n) is 5.79. The van der Waals surface area contributed by atoms with E-state index in [-0.39, 0.29) is 18.1 Å². The van der Waals surface area contributed by atoms with Crippen LogP contribution in [0.5, 0.6) is 5.75 Å². The number of ether oxygens (including phenoxy) is 1. The van der Waals surface area contributed by atoms with Gasteiger partial charge in [-0.05, 0) is 64.2 Å². The van der Waals surface area contributed by atoms with Gasteiger partial charge in [-0.25, -0.2) is 0 Å². The van der Waals surface area contributed by atoms with E-state index in [0.29, 0.717) is 11.8 Å². The zero-order valence-electron chi connectivity index (χ0n) is 16.9. The Hall–Kier alpha value is -2.37. The first-order valence-corrected chi connectivity index (χ1v) is 10.4. The number of carbonyl (C=O) groups excluding carboxylic acids is 1. The SMILES string of the molecule is CC(C)Oc1ccc(C2(C(=O)N[C@H](C)c3nc(C4CC4)no3)CCCC2)cc1. The summed E-state index contributed by atoms with van der Waals surface area (Å²) >= 11 is 0. The molecule has 0 saturated heterocycles. The van der Waals surface area contributed by atoms with Crippen LogP contribution in [0.25, 0.3) is 0 Å². The zero-order chi connectivity index (χ0) is 19.7. The second-order valence-corrected chi connectivity index (χ2v) is 8.44. The highest BCUT2D eigenvalue weighted by Crippen LogP contribution is 2.42. The van der Waals surface area contributed by atoms with Crippen molar-refractivity contribution in [3.05, 3.63) is 41.5 Å². The van der Waals surface area contributed by atoms with Crippen molar-refractivity contribution in [2.75, 3.05) is 0 Å². The molecule has 28 heavy (non-hydrogen) atoms. The van der Waals surface area contributed by atoms with Gasteiger partial charge in [0.1, 0.15) is 11.8 Å². The van der Waals surface area contributed by atoms with E-state index in [0.717, 1.165) is 55.7 Å². The largest absolute Gasteiger partial charge is 0.491 e. The van der Waals surface area contributed by atoms with Gasteiger partial charge >= 0.3 is 0 Å². The summed E-state index contributed by atoms with van der Waals surface area (Å²) in [7, 11) is 0. The van der Waals surface area contributed by atoms with Gasteiger partial charge in [0.15, 0.2) is 5.82 Å². The van der Waals surface area contributed by atoms with Crippen molar-refractivity contribution in [3.63, 3.8) is 0 Å². The van der Waals surface area contributed by atoms with Crippen LogP contribution in [0.4, 0.5) is 0 Å². The molecule has 1 atom stereocenters. The number of hydrogen-bond donors (Lipinski definition) is 1. The van der Waals surface area contributed by atoms with Crippen LogP contribution < -0.4 is 10.1 Å². The molecular formula is C22H29N3O3. The number of aromatic nitrogens is 2. The standard InChI is InChI=1S/C22H29N3O3/c1-14(2)27-18-10-8-17(9-11-18)22(12-4-5-13-22)21(26)23-15(3)20-24-19(25-28-20)16-6-7-16/h8-11,14-16H,4-7,12-13H2,1-3H3,(H,23,26)/t15-/m1/s1. The number of benzene rings is 1. The van der Waals surface area contributed by atoms with Gasteiger partial charge in [0, 0.05) is 5.92 Å². The molecule has 2 fully saturated rings. The molecule has 2 aromatic rings. The minimum atomic E-state index is -0.496. The number of hydrogen-bond acceptors (Lipinski definition) is 5. The third kappa shape index (κ3) is 3.77. The Bertz CT molecular complexity index is 818. The van der Waals surface area contributed by atoms with Crippen molar-refractivity contribution >= 4 is 5.91 Å². The number of rotatable bonds is 7. The van der Waals surface area contributed by atoms with Gasteiger partial charge in [-0.3, -0.25) is 4.79 Å².